The van der Waals surface area contributed by atoms with Gasteiger partial charge in [0, 0.05) is 5.70 Å². The molecule has 1 rings (SSSR count). The van der Waals surface area contributed by atoms with E-state index < -0.39 is 0 Å². The van der Waals surface area contributed by atoms with Crippen LogP contribution in [-0.2, 0) is 0 Å². The largest absolute Gasteiger partial charge is 0.325 e. The van der Waals surface area contributed by atoms with Crippen LogP contribution in [-0.4, -0.2) is 0 Å². The van der Waals surface area contributed by atoms with Gasteiger partial charge in [0.15, 0.2) is 0 Å². The fourth-order valence-corrected chi connectivity index (χ4v) is 0.594. The zero-order valence-corrected chi connectivity index (χ0v) is 4.58. The van der Waals surface area contributed by atoms with Gasteiger partial charge in [0.2, 0.25) is 0 Å². The van der Waals surface area contributed by atoms with Gasteiger partial charge in [-0.2, -0.15) is 0 Å². The summed E-state index contributed by atoms with van der Waals surface area (Å²) in [5, 5.41) is 0. The van der Waals surface area contributed by atoms with Gasteiger partial charge >= 0.3 is 0 Å². The van der Waals surface area contributed by atoms with Crippen molar-refractivity contribution in [1.29, 1.82) is 0 Å². The van der Waals surface area contributed by atoms with Crippen molar-refractivity contribution >= 4 is 0 Å². The molecular weight excluding hydrogens is 88.1 g/mol. The third-order valence-electron chi connectivity index (χ3n) is 0.890. The average Bonchev–Trinajstić information content (AvgIpc) is 1.87. The predicted octanol–water partition coefficient (Wildman–Crippen LogP) is 0.550. The summed E-state index contributed by atoms with van der Waals surface area (Å²) in [6, 6.07) is 1.18. The molecule has 1 aliphatic heterocycles. The Morgan fingerprint density at radius 1 is 1.29 bits per heavy atom. The maximum atomic E-state index is 2.94. The monoisotopic (exact) mass is 97.1 g/mol. The molecule has 0 amide bonds. The second-order valence-electron chi connectivity index (χ2n) is 1.76. The van der Waals surface area contributed by atoms with E-state index in [-0.39, 0.29) is 0 Å². The smallest absolute Gasteiger partial charge is 0.0774 e. The summed E-state index contributed by atoms with van der Waals surface area (Å²) in [5.41, 5.74) is 7.06. The second kappa shape index (κ2) is 1.54. The molecule has 0 fully saturated rings. The standard InChI is InChI=1S/C5H9N2/c1-4-3-5(2)7-6-4/h3,6-7H,1-2H3. The van der Waals surface area contributed by atoms with Crippen LogP contribution in [0.1, 0.15) is 13.8 Å². The third-order valence-corrected chi connectivity index (χ3v) is 0.890. The van der Waals surface area contributed by atoms with Crippen LogP contribution in [0.5, 0.6) is 0 Å². The van der Waals surface area contributed by atoms with E-state index >= 15 is 0 Å². The maximum absolute atomic E-state index is 2.94. The lowest BCUT2D eigenvalue weighted by molar-refractivity contribution is 0.692. The van der Waals surface area contributed by atoms with E-state index in [9.17, 15) is 0 Å². The van der Waals surface area contributed by atoms with E-state index in [1.54, 1.807) is 0 Å². The normalized spacial score (nSPS) is 21.7. The van der Waals surface area contributed by atoms with Crippen molar-refractivity contribution in [1.82, 2.24) is 10.9 Å². The highest BCUT2D eigenvalue weighted by molar-refractivity contribution is 5.15. The lowest BCUT2D eigenvalue weighted by atomic mass is 10.3. The van der Waals surface area contributed by atoms with E-state index in [0.29, 0.717) is 0 Å². The second-order valence-corrected chi connectivity index (χ2v) is 1.76. The van der Waals surface area contributed by atoms with Crippen molar-refractivity contribution in [3.05, 3.63) is 17.8 Å². The molecule has 1 aliphatic rings. The highest BCUT2D eigenvalue weighted by Gasteiger charge is 2.03. The highest BCUT2D eigenvalue weighted by atomic mass is 15.4. The molecule has 0 saturated carbocycles. The Kier molecular flexibility index (Phi) is 1.02. The summed E-state index contributed by atoms with van der Waals surface area (Å²) in [6.07, 6.45) is 2.06. The van der Waals surface area contributed by atoms with Crippen LogP contribution in [0.25, 0.3) is 0 Å². The molecule has 1 heterocycles. The topological polar surface area (TPSA) is 24.1 Å². The van der Waals surface area contributed by atoms with Crippen LogP contribution < -0.4 is 10.9 Å². The molecule has 0 spiro atoms. The molecule has 0 aromatic heterocycles. The molecule has 39 valence electrons. The van der Waals surface area contributed by atoms with Crippen molar-refractivity contribution in [2.24, 2.45) is 0 Å². The zero-order chi connectivity index (χ0) is 5.28. The summed E-state index contributed by atoms with van der Waals surface area (Å²) in [6.45, 7) is 4.03. The Labute approximate surface area is 43.6 Å². The first kappa shape index (κ1) is 4.65. The van der Waals surface area contributed by atoms with Crippen LogP contribution in [0.15, 0.2) is 11.8 Å². The molecule has 2 heteroatoms. The van der Waals surface area contributed by atoms with Crippen LogP contribution >= 0.6 is 0 Å². The Morgan fingerprint density at radius 2 is 2.00 bits per heavy atom. The van der Waals surface area contributed by atoms with E-state index in [2.05, 4.69) is 16.9 Å². The van der Waals surface area contributed by atoms with Gasteiger partial charge in [-0.3, -0.25) is 0 Å². The van der Waals surface area contributed by atoms with Crippen LogP contribution in [0.4, 0.5) is 0 Å². The highest BCUT2D eigenvalue weighted by Crippen LogP contribution is 2.02. The fraction of sp³-hybridized carbons (Fsp3) is 0.400. The predicted molar refractivity (Wildman–Crippen MR) is 28.9 cm³/mol. The Bertz CT molecular complexity index is 96.3. The molecule has 0 aromatic rings. The van der Waals surface area contributed by atoms with Gasteiger partial charge in [-0.05, 0) is 19.9 Å². The Balaban J connectivity index is 2.50. The minimum absolute atomic E-state index is 1.18. The van der Waals surface area contributed by atoms with Crippen molar-refractivity contribution in [3.8, 4) is 0 Å². The van der Waals surface area contributed by atoms with Crippen molar-refractivity contribution in [3.63, 3.8) is 0 Å². The summed E-state index contributed by atoms with van der Waals surface area (Å²) in [4.78, 5) is 0. The minimum Gasteiger partial charge on any atom is -0.325 e. The van der Waals surface area contributed by atoms with Gasteiger partial charge in [-0.25, -0.2) is 5.43 Å². The molecular formula is C5H9N2. The van der Waals surface area contributed by atoms with E-state index in [1.165, 1.54) is 11.7 Å². The van der Waals surface area contributed by atoms with Crippen LogP contribution in [0.2, 0.25) is 0 Å². The lowest BCUT2D eigenvalue weighted by Crippen LogP contribution is -2.24. The van der Waals surface area contributed by atoms with Crippen LogP contribution in [0, 0.1) is 6.04 Å². The van der Waals surface area contributed by atoms with Crippen molar-refractivity contribution in [2.75, 3.05) is 0 Å². The summed E-state index contributed by atoms with van der Waals surface area (Å²) in [7, 11) is 0. The molecule has 0 unspecified atom stereocenters. The first-order valence-corrected chi connectivity index (χ1v) is 2.33. The SMILES string of the molecule is C[C]1C=C(C)NN1. The number of allylic oxidation sites excluding steroid dienone is 1. The first-order valence-electron chi connectivity index (χ1n) is 2.33. The molecule has 1 radical (unpaired) electrons. The molecule has 2 N–H and O–H groups in total. The summed E-state index contributed by atoms with van der Waals surface area (Å²) >= 11 is 0. The van der Waals surface area contributed by atoms with Gasteiger partial charge in [0.05, 0.1) is 6.04 Å². The molecule has 0 aliphatic carbocycles. The van der Waals surface area contributed by atoms with Gasteiger partial charge in [0.25, 0.3) is 0 Å². The number of nitrogens with one attached hydrogen (secondary N) is 2. The minimum atomic E-state index is 1.18. The van der Waals surface area contributed by atoms with Gasteiger partial charge < -0.3 is 5.43 Å². The Morgan fingerprint density at radius 3 is 2.14 bits per heavy atom. The van der Waals surface area contributed by atoms with Gasteiger partial charge in [-0.15, -0.1) is 0 Å². The molecule has 0 saturated heterocycles. The molecule has 2 nitrogen and oxygen atoms in total. The molecule has 0 atom stereocenters. The molecule has 0 bridgehead atoms. The van der Waals surface area contributed by atoms with Crippen molar-refractivity contribution < 1.29 is 0 Å². The van der Waals surface area contributed by atoms with Crippen LogP contribution in [0.3, 0.4) is 0 Å². The van der Waals surface area contributed by atoms with E-state index in [0.717, 1.165) is 0 Å². The zero-order valence-electron chi connectivity index (χ0n) is 4.58. The van der Waals surface area contributed by atoms with Crippen molar-refractivity contribution in [2.45, 2.75) is 13.8 Å². The quantitative estimate of drug-likeness (QED) is 0.461. The number of hydrazine groups is 1. The number of hydrogen-bond acceptors (Lipinski definition) is 2. The van der Waals surface area contributed by atoms with E-state index in [1.807, 2.05) is 13.8 Å². The first-order chi connectivity index (χ1) is 3.29. The molecule has 0 aromatic carbocycles. The van der Waals surface area contributed by atoms with Gasteiger partial charge in [0.1, 0.15) is 0 Å². The average molecular weight is 97.1 g/mol. The summed E-state index contributed by atoms with van der Waals surface area (Å²) in [5.74, 6) is 0. The van der Waals surface area contributed by atoms with E-state index in [4.69, 9.17) is 0 Å². The lowest BCUT2D eigenvalue weighted by Gasteiger charge is -1.96. The Hall–Kier alpha value is -0.500. The van der Waals surface area contributed by atoms with Gasteiger partial charge in [-0.1, -0.05) is 0 Å². The number of hydrogen-bond donors (Lipinski definition) is 2. The fourth-order valence-electron chi connectivity index (χ4n) is 0.594. The molecule has 7 heavy (non-hydrogen) atoms. The summed E-state index contributed by atoms with van der Waals surface area (Å²) < 4.78 is 0. The maximum Gasteiger partial charge on any atom is 0.0774 e. The third kappa shape index (κ3) is 0.933. The number of rotatable bonds is 0.